The normalized spacial score (nSPS) is 10.3. The zero-order valence-electron chi connectivity index (χ0n) is 10.9. The van der Waals surface area contributed by atoms with Crippen molar-refractivity contribution in [3.8, 4) is 6.07 Å². The molecule has 4 heteroatoms. The van der Waals surface area contributed by atoms with Gasteiger partial charge in [0.25, 0.3) is 0 Å². The van der Waals surface area contributed by atoms with Gasteiger partial charge in [-0.2, -0.15) is 5.26 Å². The molecule has 0 aliphatic carbocycles. The van der Waals surface area contributed by atoms with E-state index < -0.39 is 0 Å². The minimum Gasteiger partial charge on any atom is -0.354 e. The summed E-state index contributed by atoms with van der Waals surface area (Å²) in [5, 5.41) is 14.3. The van der Waals surface area contributed by atoms with Gasteiger partial charge in [0, 0.05) is 20.9 Å². The van der Waals surface area contributed by atoms with Gasteiger partial charge in [-0.15, -0.1) is 0 Å². The van der Waals surface area contributed by atoms with Crippen LogP contribution >= 0.6 is 15.9 Å². The maximum absolute atomic E-state index is 13.1. The van der Waals surface area contributed by atoms with Crippen LogP contribution in [0.25, 0.3) is 10.8 Å². The fourth-order valence-electron chi connectivity index (χ4n) is 2.24. The molecule has 3 aromatic rings. The molecule has 1 N–H and O–H groups in total. The van der Waals surface area contributed by atoms with E-state index >= 15 is 0 Å². The first kappa shape index (κ1) is 13.6. The van der Waals surface area contributed by atoms with Crippen molar-refractivity contribution < 1.29 is 4.39 Å². The zero-order chi connectivity index (χ0) is 14.8. The lowest BCUT2D eigenvalue weighted by Gasteiger charge is -2.12. The molecule has 0 bridgehead atoms. The Kier molecular flexibility index (Phi) is 3.59. The molecule has 0 unspecified atom stereocenters. The molecule has 0 amide bonds. The molecule has 0 radical (unpaired) electrons. The first-order valence-corrected chi connectivity index (χ1v) is 7.12. The van der Waals surface area contributed by atoms with Crippen molar-refractivity contribution in [3.05, 3.63) is 70.5 Å². The van der Waals surface area contributed by atoms with E-state index in [4.69, 9.17) is 0 Å². The summed E-state index contributed by atoms with van der Waals surface area (Å²) in [5.41, 5.74) is 2.28. The smallest absolute Gasteiger partial charge is 0.124 e. The van der Waals surface area contributed by atoms with Gasteiger partial charge in [-0.3, -0.25) is 0 Å². The predicted octanol–water partition coefficient (Wildman–Crippen LogP) is 5.36. The second kappa shape index (κ2) is 5.55. The fourth-order valence-corrected chi connectivity index (χ4v) is 2.69. The fraction of sp³-hybridized carbons (Fsp3) is 0. The van der Waals surface area contributed by atoms with Crippen molar-refractivity contribution in [3.63, 3.8) is 0 Å². The number of rotatable bonds is 2. The Balaban J connectivity index is 2.12. The van der Waals surface area contributed by atoms with Crippen LogP contribution < -0.4 is 5.32 Å². The van der Waals surface area contributed by atoms with Crippen molar-refractivity contribution in [2.45, 2.75) is 0 Å². The first-order valence-electron chi connectivity index (χ1n) is 6.33. The number of benzene rings is 3. The molecule has 0 aliphatic heterocycles. The van der Waals surface area contributed by atoms with Crippen molar-refractivity contribution in [2.24, 2.45) is 0 Å². The third-order valence-electron chi connectivity index (χ3n) is 3.24. The van der Waals surface area contributed by atoms with Gasteiger partial charge in [0.05, 0.1) is 17.3 Å². The lowest BCUT2D eigenvalue weighted by molar-refractivity contribution is 0.627. The highest BCUT2D eigenvalue weighted by Gasteiger charge is 2.07. The van der Waals surface area contributed by atoms with Crippen molar-refractivity contribution in [2.75, 3.05) is 5.32 Å². The topological polar surface area (TPSA) is 35.8 Å². The predicted molar refractivity (Wildman–Crippen MR) is 86.0 cm³/mol. The monoisotopic (exact) mass is 340 g/mol. The van der Waals surface area contributed by atoms with Crippen molar-refractivity contribution >= 4 is 38.1 Å². The minimum atomic E-state index is -0.294. The van der Waals surface area contributed by atoms with Crippen LogP contribution in [0.1, 0.15) is 5.56 Å². The molecular weight excluding hydrogens is 331 g/mol. The molecule has 2 nitrogen and oxygen atoms in total. The number of halogens is 2. The van der Waals surface area contributed by atoms with E-state index in [9.17, 15) is 9.65 Å². The van der Waals surface area contributed by atoms with Gasteiger partial charge in [0.1, 0.15) is 5.82 Å². The lowest BCUT2D eigenvalue weighted by Crippen LogP contribution is -1.94. The number of hydrogen-bond acceptors (Lipinski definition) is 2. The van der Waals surface area contributed by atoms with Crippen LogP contribution in [0.5, 0.6) is 0 Å². The van der Waals surface area contributed by atoms with Crippen LogP contribution in [0.15, 0.2) is 59.1 Å². The Morgan fingerprint density at radius 2 is 1.67 bits per heavy atom. The molecule has 0 atom stereocenters. The van der Waals surface area contributed by atoms with E-state index in [1.165, 1.54) is 12.1 Å². The summed E-state index contributed by atoms with van der Waals surface area (Å²) in [7, 11) is 0. The van der Waals surface area contributed by atoms with Crippen LogP contribution in [0.3, 0.4) is 0 Å². The van der Waals surface area contributed by atoms with Crippen LogP contribution in [-0.4, -0.2) is 0 Å². The summed E-state index contributed by atoms with van der Waals surface area (Å²) >= 11 is 3.34. The summed E-state index contributed by atoms with van der Waals surface area (Å²) in [5.74, 6) is -0.294. The van der Waals surface area contributed by atoms with Crippen LogP contribution in [0.4, 0.5) is 15.8 Å². The highest BCUT2D eigenvalue weighted by atomic mass is 79.9. The largest absolute Gasteiger partial charge is 0.354 e. The molecule has 0 saturated heterocycles. The molecule has 3 aromatic carbocycles. The van der Waals surface area contributed by atoms with Gasteiger partial charge >= 0.3 is 0 Å². The second-order valence-electron chi connectivity index (χ2n) is 4.57. The first-order chi connectivity index (χ1) is 10.2. The summed E-state index contributed by atoms with van der Waals surface area (Å²) in [6.45, 7) is 0. The van der Waals surface area contributed by atoms with Crippen LogP contribution in [-0.2, 0) is 0 Å². The quantitative estimate of drug-likeness (QED) is 0.681. The van der Waals surface area contributed by atoms with Gasteiger partial charge in [0.15, 0.2) is 0 Å². The summed E-state index contributed by atoms with van der Waals surface area (Å²) in [6.07, 6.45) is 0. The summed E-state index contributed by atoms with van der Waals surface area (Å²) < 4.78 is 13.8. The Bertz CT molecular complexity index is 868. The Morgan fingerprint density at radius 1 is 0.952 bits per heavy atom. The molecule has 0 heterocycles. The molecular formula is C17H10BrFN2. The van der Waals surface area contributed by atoms with E-state index in [1.807, 2.05) is 30.3 Å². The molecule has 0 spiro atoms. The molecule has 3 rings (SSSR count). The number of fused-ring (bicyclic) bond motifs is 1. The SMILES string of the molecule is N#Cc1ccc(Nc2ccc(F)cc2Br)c2ccccc12. The van der Waals surface area contributed by atoms with Crippen LogP contribution in [0, 0.1) is 17.1 Å². The average Bonchev–Trinajstić information content (AvgIpc) is 2.50. The van der Waals surface area contributed by atoms with Gasteiger partial charge in [-0.05, 0) is 46.3 Å². The Hall–Kier alpha value is -2.38. The highest BCUT2D eigenvalue weighted by Crippen LogP contribution is 2.32. The van der Waals surface area contributed by atoms with Crippen molar-refractivity contribution in [1.82, 2.24) is 0 Å². The maximum Gasteiger partial charge on any atom is 0.124 e. The number of nitrogens with one attached hydrogen (secondary N) is 1. The molecule has 102 valence electrons. The minimum absolute atomic E-state index is 0.294. The average molecular weight is 341 g/mol. The van der Waals surface area contributed by atoms with Gasteiger partial charge in [-0.1, -0.05) is 24.3 Å². The zero-order valence-corrected chi connectivity index (χ0v) is 12.5. The van der Waals surface area contributed by atoms with Crippen LogP contribution in [0.2, 0.25) is 0 Å². The third-order valence-corrected chi connectivity index (χ3v) is 3.90. The van der Waals surface area contributed by atoms with E-state index in [1.54, 1.807) is 12.1 Å². The Labute approximate surface area is 130 Å². The molecule has 0 aliphatic rings. The van der Waals surface area contributed by atoms with E-state index in [2.05, 4.69) is 27.3 Å². The van der Waals surface area contributed by atoms with E-state index in [-0.39, 0.29) is 5.82 Å². The number of nitriles is 1. The van der Waals surface area contributed by atoms with Gasteiger partial charge in [0.2, 0.25) is 0 Å². The molecule has 0 aromatic heterocycles. The highest BCUT2D eigenvalue weighted by molar-refractivity contribution is 9.10. The summed E-state index contributed by atoms with van der Waals surface area (Å²) in [4.78, 5) is 0. The number of hydrogen-bond donors (Lipinski definition) is 1. The Morgan fingerprint density at radius 3 is 2.38 bits per heavy atom. The summed E-state index contributed by atoms with van der Waals surface area (Å²) in [6, 6.07) is 18.0. The number of nitrogens with zero attached hydrogens (tertiary/aromatic N) is 1. The number of anilines is 2. The standard InChI is InChI=1S/C17H10BrFN2/c18-15-9-12(19)6-8-17(15)21-16-7-5-11(10-20)13-3-1-2-4-14(13)16/h1-9,21H. The molecule has 0 fully saturated rings. The lowest BCUT2D eigenvalue weighted by atomic mass is 10.0. The molecule has 0 saturated carbocycles. The van der Waals surface area contributed by atoms with Crippen molar-refractivity contribution in [1.29, 1.82) is 5.26 Å². The maximum atomic E-state index is 13.1. The van der Waals surface area contributed by atoms with E-state index in [0.717, 1.165) is 22.1 Å². The van der Waals surface area contributed by atoms with E-state index in [0.29, 0.717) is 10.0 Å². The van der Waals surface area contributed by atoms with Gasteiger partial charge in [-0.25, -0.2) is 4.39 Å². The second-order valence-corrected chi connectivity index (χ2v) is 5.42. The molecule has 21 heavy (non-hydrogen) atoms. The third kappa shape index (κ3) is 2.61. The van der Waals surface area contributed by atoms with Gasteiger partial charge < -0.3 is 5.32 Å².